The highest BCUT2D eigenvalue weighted by atomic mass is 35.5. The summed E-state index contributed by atoms with van der Waals surface area (Å²) in [5.41, 5.74) is -1.68. The number of carbonyl (C=O) groups is 1. The molecule has 3 N–H and O–H groups in total. The summed E-state index contributed by atoms with van der Waals surface area (Å²) >= 11 is 6.12. The van der Waals surface area contributed by atoms with Crippen molar-refractivity contribution < 1.29 is 30.8 Å². The maximum absolute atomic E-state index is 15.3. The highest BCUT2D eigenvalue weighted by Gasteiger charge is 2.47. The molecular weight excluding hydrogens is 462 g/mol. The van der Waals surface area contributed by atoms with Crippen molar-refractivity contribution >= 4 is 33.2 Å². The van der Waals surface area contributed by atoms with Crippen molar-refractivity contribution in [3.63, 3.8) is 0 Å². The lowest BCUT2D eigenvalue weighted by atomic mass is 9.82. The maximum Gasteiger partial charge on any atom is 0.501 e. The van der Waals surface area contributed by atoms with Crippen LogP contribution in [0.25, 0.3) is 0 Å². The van der Waals surface area contributed by atoms with Crippen molar-refractivity contribution in [1.82, 2.24) is 4.90 Å². The van der Waals surface area contributed by atoms with Gasteiger partial charge in [-0.3, -0.25) is 0 Å². The van der Waals surface area contributed by atoms with E-state index >= 15 is 4.39 Å². The monoisotopic (exact) mass is 483 g/mol. The average molecular weight is 484 g/mol. The van der Waals surface area contributed by atoms with Crippen LogP contribution in [0.1, 0.15) is 19.8 Å². The molecule has 0 saturated carbocycles. The minimum atomic E-state index is -5.47. The van der Waals surface area contributed by atoms with Crippen molar-refractivity contribution in [3.8, 4) is 0 Å². The average Bonchev–Trinajstić information content (AvgIpc) is 2.71. The topological polar surface area (TPSA) is 92.5 Å². The van der Waals surface area contributed by atoms with Crippen LogP contribution in [-0.4, -0.2) is 43.6 Å². The van der Waals surface area contributed by atoms with Crippen LogP contribution in [0.5, 0.6) is 0 Å². The van der Waals surface area contributed by atoms with Crippen molar-refractivity contribution in [2.45, 2.75) is 35.8 Å². The minimum Gasteiger partial charge on any atom is -0.405 e. The van der Waals surface area contributed by atoms with Crippen LogP contribution in [0.3, 0.4) is 0 Å². The second kappa shape index (κ2) is 9.47. The number of amides is 2. The fraction of sp³-hybridized carbons (Fsp3) is 0.421. The largest absolute Gasteiger partial charge is 0.501 e. The Kier molecular flexibility index (Phi) is 7.64. The summed E-state index contributed by atoms with van der Waals surface area (Å²) in [5.74, 6) is -0.598. The van der Waals surface area contributed by atoms with E-state index in [4.69, 9.17) is 17.3 Å². The van der Waals surface area contributed by atoms with Crippen LogP contribution in [0, 0.1) is 5.92 Å². The van der Waals surface area contributed by atoms with Gasteiger partial charge < -0.3 is 16.0 Å². The van der Waals surface area contributed by atoms with Gasteiger partial charge in [0.2, 0.25) is 0 Å². The number of nitrogens with one attached hydrogen (secondary N) is 1. The summed E-state index contributed by atoms with van der Waals surface area (Å²) in [5, 5.41) is 2.77. The predicted molar refractivity (Wildman–Crippen MR) is 110 cm³/mol. The molecule has 172 valence electrons. The molecule has 1 aliphatic rings. The van der Waals surface area contributed by atoms with Crippen LogP contribution < -0.4 is 11.1 Å². The molecule has 1 atom stereocenters. The molecule has 1 unspecified atom stereocenters. The predicted octanol–water partition coefficient (Wildman–Crippen LogP) is 4.55. The third-order valence-corrected chi connectivity index (χ3v) is 7.11. The number of likely N-dealkylation sites (tertiary alicyclic amines) is 1. The second-order valence-corrected chi connectivity index (χ2v) is 9.46. The number of benzene rings is 1. The molecule has 12 heteroatoms. The van der Waals surface area contributed by atoms with Gasteiger partial charge >= 0.3 is 11.5 Å². The number of urea groups is 1. The molecule has 2 amide bonds. The summed E-state index contributed by atoms with van der Waals surface area (Å²) in [4.78, 5) is 12.8. The molecule has 1 aliphatic heterocycles. The SMILES string of the molecule is CC(/C(Cl)=C\C=C/N)C1(F)CCN(C(=O)Nc2ccc(S(=O)(=O)C(F)(F)F)cc2)CC1. The zero-order chi connectivity index (χ0) is 23.4. The Morgan fingerprint density at radius 2 is 1.81 bits per heavy atom. The molecule has 1 heterocycles. The molecule has 0 spiro atoms. The van der Waals surface area contributed by atoms with Crippen molar-refractivity contribution in [2.24, 2.45) is 11.7 Å². The van der Waals surface area contributed by atoms with E-state index in [-0.39, 0.29) is 31.6 Å². The van der Waals surface area contributed by atoms with Gasteiger partial charge in [0.15, 0.2) is 0 Å². The first-order chi connectivity index (χ1) is 14.3. The Morgan fingerprint density at radius 1 is 1.26 bits per heavy atom. The maximum atomic E-state index is 15.3. The third kappa shape index (κ3) is 5.70. The van der Waals surface area contributed by atoms with E-state index in [0.717, 1.165) is 24.3 Å². The van der Waals surface area contributed by atoms with E-state index in [1.807, 2.05) is 0 Å². The highest BCUT2D eigenvalue weighted by molar-refractivity contribution is 7.92. The van der Waals surface area contributed by atoms with Gasteiger partial charge in [0.1, 0.15) is 5.67 Å². The Bertz CT molecular complexity index is 955. The molecule has 6 nitrogen and oxygen atoms in total. The van der Waals surface area contributed by atoms with Gasteiger partial charge in [-0.25, -0.2) is 17.6 Å². The van der Waals surface area contributed by atoms with Crippen molar-refractivity contribution in [1.29, 1.82) is 0 Å². The van der Waals surface area contributed by atoms with Gasteiger partial charge in [-0.05, 0) is 55.5 Å². The van der Waals surface area contributed by atoms with Crippen LogP contribution in [0.2, 0.25) is 0 Å². The Labute approximate surface area is 182 Å². The molecule has 1 aromatic carbocycles. The Hall–Kier alpha value is -2.27. The number of nitrogens with two attached hydrogens (primary N) is 1. The molecule has 31 heavy (non-hydrogen) atoms. The standard InChI is InChI=1S/C19H22ClF4N3O3S/c1-13(16(20)3-2-10-25)18(21)8-11-27(12-9-18)17(28)26-14-4-6-15(7-5-14)31(29,30)19(22,23)24/h2-7,10,13H,8-9,11-12,25H2,1H3,(H,26,28)/b10-2-,16-3+. The van der Waals surface area contributed by atoms with E-state index in [1.54, 1.807) is 6.92 Å². The number of rotatable bonds is 5. The number of piperidine rings is 1. The van der Waals surface area contributed by atoms with E-state index in [9.17, 15) is 26.4 Å². The van der Waals surface area contributed by atoms with E-state index in [1.165, 1.54) is 23.3 Å². The lowest BCUT2D eigenvalue weighted by Crippen LogP contribution is -2.48. The summed E-state index contributed by atoms with van der Waals surface area (Å²) < 4.78 is 75.8. The van der Waals surface area contributed by atoms with Gasteiger partial charge in [0.05, 0.1) is 4.90 Å². The lowest BCUT2D eigenvalue weighted by molar-refractivity contribution is -0.0436. The van der Waals surface area contributed by atoms with Crippen molar-refractivity contribution in [3.05, 3.63) is 47.6 Å². The first kappa shape index (κ1) is 25.0. The number of allylic oxidation sites excluding steroid dienone is 3. The van der Waals surface area contributed by atoms with Crippen LogP contribution >= 0.6 is 11.6 Å². The first-order valence-corrected chi connectivity index (χ1v) is 11.1. The van der Waals surface area contributed by atoms with Crippen molar-refractivity contribution in [2.75, 3.05) is 18.4 Å². The van der Waals surface area contributed by atoms with Gasteiger partial charge in [-0.15, -0.1) is 0 Å². The molecule has 1 aromatic rings. The number of alkyl halides is 4. The first-order valence-electron chi connectivity index (χ1n) is 9.22. The summed E-state index contributed by atoms with van der Waals surface area (Å²) in [6, 6.07) is 3.04. The zero-order valence-electron chi connectivity index (χ0n) is 16.5. The van der Waals surface area contributed by atoms with Gasteiger partial charge in [-0.2, -0.15) is 13.2 Å². The summed E-state index contributed by atoms with van der Waals surface area (Å²) in [7, 11) is -5.47. The number of sulfone groups is 1. The van der Waals surface area contributed by atoms with Gasteiger partial charge in [0, 0.05) is 29.7 Å². The van der Waals surface area contributed by atoms with E-state index in [2.05, 4.69) is 5.32 Å². The summed E-state index contributed by atoms with van der Waals surface area (Å²) in [6.07, 6.45) is 4.37. The number of halogens is 5. The van der Waals surface area contributed by atoms with E-state index in [0.29, 0.717) is 5.03 Å². The smallest absolute Gasteiger partial charge is 0.405 e. The zero-order valence-corrected chi connectivity index (χ0v) is 18.1. The lowest BCUT2D eigenvalue weighted by Gasteiger charge is -2.39. The number of nitrogens with zero attached hydrogens (tertiary/aromatic N) is 1. The quantitative estimate of drug-likeness (QED) is 0.475. The Morgan fingerprint density at radius 3 is 2.29 bits per heavy atom. The molecule has 1 saturated heterocycles. The molecule has 2 rings (SSSR count). The van der Waals surface area contributed by atoms with Crippen LogP contribution in [-0.2, 0) is 9.84 Å². The summed E-state index contributed by atoms with van der Waals surface area (Å²) in [6.45, 7) is 1.85. The van der Waals surface area contributed by atoms with Gasteiger partial charge in [-0.1, -0.05) is 18.5 Å². The second-order valence-electron chi connectivity index (χ2n) is 7.08. The molecular formula is C19H22ClF4N3O3S. The number of anilines is 1. The highest BCUT2D eigenvalue weighted by Crippen LogP contribution is 2.39. The molecule has 0 aromatic heterocycles. The fourth-order valence-corrected chi connectivity index (χ4v) is 4.14. The van der Waals surface area contributed by atoms with Crippen LogP contribution in [0.4, 0.5) is 28.0 Å². The third-order valence-electron chi connectivity index (χ3n) is 5.16. The molecule has 0 radical (unpaired) electrons. The van der Waals surface area contributed by atoms with E-state index < -0.39 is 37.9 Å². The minimum absolute atomic E-state index is 0.0424. The fourth-order valence-electron chi connectivity index (χ4n) is 3.11. The van der Waals surface area contributed by atoms with Crippen LogP contribution in [0.15, 0.2) is 52.5 Å². The Balaban J connectivity index is 1.99. The molecule has 1 fully saturated rings. The van der Waals surface area contributed by atoms with Gasteiger partial charge in [0.25, 0.3) is 9.84 Å². The molecule has 0 aliphatic carbocycles. The normalized spacial score (nSPS) is 18.8. The number of carbonyl (C=O) groups excluding carboxylic acids is 1. The number of hydrogen-bond acceptors (Lipinski definition) is 4. The molecule has 0 bridgehead atoms. The number of hydrogen-bond donors (Lipinski definition) is 2.